The molecule has 2 aromatic heterocycles. The molecule has 0 radical (unpaired) electrons. The number of morpholine rings is 1. The maximum atomic E-state index is 12.5. The number of tetrazole rings is 1. The minimum absolute atomic E-state index is 0.184. The minimum Gasteiger partial charge on any atom is -0.459 e. The van der Waals surface area contributed by atoms with E-state index in [1.165, 1.54) is 6.26 Å². The van der Waals surface area contributed by atoms with Crippen molar-refractivity contribution in [1.29, 1.82) is 0 Å². The first-order valence-corrected chi connectivity index (χ1v) is 8.95. The third-order valence-corrected chi connectivity index (χ3v) is 4.40. The predicted molar refractivity (Wildman–Crippen MR) is 99.7 cm³/mol. The van der Waals surface area contributed by atoms with Crippen LogP contribution in [0, 0.1) is 0 Å². The highest BCUT2D eigenvalue weighted by Gasteiger charge is 2.19. The molecule has 3 heterocycles. The van der Waals surface area contributed by atoms with E-state index < -0.39 is 5.69 Å². The molecule has 2 amide bonds. The zero-order valence-corrected chi connectivity index (χ0v) is 15.4. The lowest BCUT2D eigenvalue weighted by Crippen LogP contribution is -2.43. The molecule has 4 rings (SSSR count). The standard InChI is InChI=1S/C18H18N6O5/c25-16(22-7-10-28-11-8-22)12-23-18(27)24(21-20-23)14-5-3-13(4-6-14)19-17(26)15-2-1-9-29-15/h1-6,9H,7-8,10-12H2,(H,19,26). The van der Waals surface area contributed by atoms with E-state index in [2.05, 4.69) is 15.7 Å². The van der Waals surface area contributed by atoms with Crippen LogP contribution in [-0.4, -0.2) is 62.8 Å². The SMILES string of the molecule is O=C(Nc1ccc(-n2nnn(CC(=O)N3CCOCC3)c2=O)cc1)c1ccco1. The van der Waals surface area contributed by atoms with Crippen molar-refractivity contribution in [2.45, 2.75) is 6.54 Å². The summed E-state index contributed by atoms with van der Waals surface area (Å²) in [5, 5.41) is 10.3. The minimum atomic E-state index is -0.529. The molecule has 11 heteroatoms. The first-order valence-electron chi connectivity index (χ1n) is 8.95. The number of hydrogen-bond donors (Lipinski definition) is 1. The predicted octanol–water partition coefficient (Wildman–Crippen LogP) is 0.133. The molecule has 29 heavy (non-hydrogen) atoms. The van der Waals surface area contributed by atoms with Crippen molar-refractivity contribution in [3.63, 3.8) is 0 Å². The third-order valence-electron chi connectivity index (χ3n) is 4.40. The topological polar surface area (TPSA) is 124 Å². The lowest BCUT2D eigenvalue weighted by Gasteiger charge is -2.26. The van der Waals surface area contributed by atoms with Crippen LogP contribution in [0.1, 0.15) is 10.6 Å². The highest BCUT2D eigenvalue weighted by atomic mass is 16.5. The first-order chi connectivity index (χ1) is 14.1. The molecular formula is C18H18N6O5. The first kappa shape index (κ1) is 18.6. The van der Waals surface area contributed by atoms with Crippen LogP contribution in [0.4, 0.5) is 5.69 Å². The maximum Gasteiger partial charge on any atom is 0.368 e. The fourth-order valence-corrected chi connectivity index (χ4v) is 2.86. The maximum absolute atomic E-state index is 12.5. The zero-order valence-electron chi connectivity index (χ0n) is 15.4. The van der Waals surface area contributed by atoms with Gasteiger partial charge in [0.05, 0.1) is 25.2 Å². The smallest absolute Gasteiger partial charge is 0.368 e. The normalized spacial score (nSPS) is 14.0. The van der Waals surface area contributed by atoms with Crippen molar-refractivity contribution in [1.82, 2.24) is 24.7 Å². The van der Waals surface area contributed by atoms with Gasteiger partial charge in [0.1, 0.15) is 6.54 Å². The number of aromatic nitrogens is 4. The summed E-state index contributed by atoms with van der Waals surface area (Å²) < 4.78 is 12.4. The Morgan fingerprint density at radius 2 is 1.83 bits per heavy atom. The van der Waals surface area contributed by atoms with E-state index >= 15 is 0 Å². The summed E-state index contributed by atoms with van der Waals surface area (Å²) in [5.41, 5.74) is 0.452. The van der Waals surface area contributed by atoms with Gasteiger partial charge in [-0.15, -0.1) is 0 Å². The lowest BCUT2D eigenvalue weighted by molar-refractivity contribution is -0.136. The summed E-state index contributed by atoms with van der Waals surface area (Å²) in [7, 11) is 0. The fourth-order valence-electron chi connectivity index (χ4n) is 2.86. The van der Waals surface area contributed by atoms with Crippen molar-refractivity contribution < 1.29 is 18.7 Å². The monoisotopic (exact) mass is 398 g/mol. The Morgan fingerprint density at radius 3 is 2.52 bits per heavy atom. The molecule has 0 unspecified atom stereocenters. The Hall–Kier alpha value is -3.73. The number of benzene rings is 1. The summed E-state index contributed by atoms with van der Waals surface area (Å²) in [6.45, 7) is 1.77. The lowest BCUT2D eigenvalue weighted by atomic mass is 10.2. The van der Waals surface area contributed by atoms with E-state index in [0.29, 0.717) is 37.7 Å². The van der Waals surface area contributed by atoms with Gasteiger partial charge in [-0.3, -0.25) is 9.59 Å². The Kier molecular flexibility index (Phi) is 5.20. The van der Waals surface area contributed by atoms with Gasteiger partial charge in [-0.25, -0.2) is 4.79 Å². The van der Waals surface area contributed by atoms with Crippen LogP contribution >= 0.6 is 0 Å². The van der Waals surface area contributed by atoms with Crippen LogP contribution < -0.4 is 11.0 Å². The van der Waals surface area contributed by atoms with E-state index in [1.54, 1.807) is 41.3 Å². The van der Waals surface area contributed by atoms with Crippen LogP contribution in [0.15, 0.2) is 51.9 Å². The van der Waals surface area contributed by atoms with E-state index in [9.17, 15) is 14.4 Å². The van der Waals surface area contributed by atoms with Gasteiger partial charge >= 0.3 is 5.69 Å². The summed E-state index contributed by atoms with van der Waals surface area (Å²) in [6, 6.07) is 9.66. The number of furan rings is 1. The van der Waals surface area contributed by atoms with E-state index in [4.69, 9.17) is 9.15 Å². The van der Waals surface area contributed by atoms with Crippen molar-refractivity contribution in [3.05, 3.63) is 58.9 Å². The second-order valence-electron chi connectivity index (χ2n) is 6.30. The fraction of sp³-hybridized carbons (Fsp3) is 0.278. The molecule has 11 nitrogen and oxygen atoms in total. The van der Waals surface area contributed by atoms with Crippen LogP contribution in [0.25, 0.3) is 5.69 Å². The number of carbonyl (C=O) groups is 2. The summed E-state index contributed by atoms with van der Waals surface area (Å²) in [4.78, 5) is 38.4. The van der Waals surface area contributed by atoms with Gasteiger partial charge in [0.2, 0.25) is 5.91 Å². The van der Waals surface area contributed by atoms with Crippen molar-refractivity contribution in [3.8, 4) is 5.69 Å². The van der Waals surface area contributed by atoms with Gasteiger partial charge in [-0.2, -0.15) is 9.36 Å². The second kappa shape index (κ2) is 8.10. The van der Waals surface area contributed by atoms with Gasteiger partial charge in [-0.1, -0.05) is 0 Å². The Labute approximate surface area is 164 Å². The largest absolute Gasteiger partial charge is 0.459 e. The molecule has 0 spiro atoms. The number of amides is 2. The van der Waals surface area contributed by atoms with E-state index in [1.807, 2.05) is 0 Å². The average molecular weight is 398 g/mol. The molecule has 1 N–H and O–H groups in total. The summed E-state index contributed by atoms with van der Waals surface area (Å²) >= 11 is 0. The Balaban J connectivity index is 1.44. The number of hydrogen-bond acceptors (Lipinski definition) is 7. The molecule has 1 aliphatic heterocycles. The number of rotatable bonds is 5. The van der Waals surface area contributed by atoms with Crippen molar-refractivity contribution >= 4 is 17.5 Å². The Bertz CT molecular complexity index is 1050. The molecule has 0 atom stereocenters. The molecule has 0 bridgehead atoms. The molecule has 150 valence electrons. The number of nitrogens with zero attached hydrogens (tertiary/aromatic N) is 5. The number of ether oxygens (including phenoxy) is 1. The molecule has 1 saturated heterocycles. The molecule has 0 aliphatic carbocycles. The molecule has 1 aromatic carbocycles. The molecule has 1 fully saturated rings. The van der Waals surface area contributed by atoms with Gasteiger partial charge in [0.15, 0.2) is 5.76 Å². The third kappa shape index (κ3) is 4.09. The number of carbonyl (C=O) groups excluding carboxylic acids is 2. The number of nitrogens with one attached hydrogen (secondary N) is 1. The van der Waals surface area contributed by atoms with Crippen LogP contribution in [-0.2, 0) is 16.1 Å². The highest BCUT2D eigenvalue weighted by molar-refractivity contribution is 6.02. The molecular weight excluding hydrogens is 380 g/mol. The van der Waals surface area contributed by atoms with Gasteiger partial charge in [-0.05, 0) is 46.8 Å². The zero-order chi connectivity index (χ0) is 20.2. The average Bonchev–Trinajstić information content (AvgIpc) is 3.40. The van der Waals surface area contributed by atoms with E-state index in [0.717, 1.165) is 9.36 Å². The summed E-state index contributed by atoms with van der Waals surface area (Å²) in [6.07, 6.45) is 1.41. The van der Waals surface area contributed by atoms with Gasteiger partial charge in [0, 0.05) is 18.8 Å². The highest BCUT2D eigenvalue weighted by Crippen LogP contribution is 2.13. The van der Waals surface area contributed by atoms with Gasteiger partial charge < -0.3 is 19.4 Å². The van der Waals surface area contributed by atoms with Crippen LogP contribution in [0.3, 0.4) is 0 Å². The van der Waals surface area contributed by atoms with Crippen molar-refractivity contribution in [2.24, 2.45) is 0 Å². The number of anilines is 1. The quantitative estimate of drug-likeness (QED) is 0.648. The van der Waals surface area contributed by atoms with Crippen LogP contribution in [0.5, 0.6) is 0 Å². The molecule has 1 aliphatic rings. The molecule has 3 aromatic rings. The van der Waals surface area contributed by atoms with Gasteiger partial charge in [0.25, 0.3) is 5.91 Å². The Morgan fingerprint density at radius 1 is 1.07 bits per heavy atom. The van der Waals surface area contributed by atoms with E-state index in [-0.39, 0.29) is 24.1 Å². The van der Waals surface area contributed by atoms with Crippen LogP contribution in [0.2, 0.25) is 0 Å². The molecule has 0 saturated carbocycles. The summed E-state index contributed by atoms with van der Waals surface area (Å²) in [5.74, 6) is -0.399. The second-order valence-corrected chi connectivity index (χ2v) is 6.30. The van der Waals surface area contributed by atoms with Crippen molar-refractivity contribution in [2.75, 3.05) is 31.6 Å².